The number of nitrogens with one attached hydrogen (secondary N) is 3. The molecule has 8 heteroatoms. The largest absolute Gasteiger partial charge is 0.349 e. The molecule has 3 aromatic rings. The van der Waals surface area contributed by atoms with E-state index in [-0.39, 0.29) is 23.9 Å². The summed E-state index contributed by atoms with van der Waals surface area (Å²) in [6.45, 7) is 4.07. The van der Waals surface area contributed by atoms with E-state index in [1.54, 1.807) is 24.3 Å². The number of hydrogen-bond donors (Lipinski definition) is 3. The molecule has 0 aliphatic carbocycles. The first-order valence-electron chi connectivity index (χ1n) is 8.16. The van der Waals surface area contributed by atoms with Crippen molar-refractivity contribution in [2.75, 3.05) is 13.1 Å². The number of aryl methyl sites for hydroxylation is 2. The van der Waals surface area contributed by atoms with E-state index >= 15 is 0 Å². The fraction of sp³-hybridized carbons (Fsp3) is 0.222. The Labute approximate surface area is 151 Å². The number of H-pyrrole nitrogens is 1. The van der Waals surface area contributed by atoms with Crippen molar-refractivity contribution in [2.24, 2.45) is 0 Å². The summed E-state index contributed by atoms with van der Waals surface area (Å²) in [5, 5.41) is 10.3. The van der Waals surface area contributed by atoms with Gasteiger partial charge in [0.05, 0.1) is 10.4 Å². The lowest BCUT2D eigenvalue weighted by Crippen LogP contribution is -2.34. The Morgan fingerprint density at radius 2 is 1.73 bits per heavy atom. The van der Waals surface area contributed by atoms with Gasteiger partial charge in [0.1, 0.15) is 0 Å². The molecular weight excluding hydrogens is 352 g/mol. The summed E-state index contributed by atoms with van der Waals surface area (Å²) >= 11 is 0. The maximum Gasteiger partial charge on any atom is 0.272 e. The average Bonchev–Trinajstić information content (AvgIpc) is 3.02. The number of nitrogens with zero attached hydrogens (tertiary/aromatic N) is 1. The molecule has 0 saturated heterocycles. The zero-order valence-electron chi connectivity index (χ0n) is 14.5. The molecule has 0 spiro atoms. The maximum atomic E-state index is 12.3. The van der Waals surface area contributed by atoms with E-state index in [0.717, 1.165) is 22.0 Å². The summed E-state index contributed by atoms with van der Waals surface area (Å²) in [6.07, 6.45) is 0. The number of amides is 1. The third-order valence-electron chi connectivity index (χ3n) is 3.97. The molecule has 0 aliphatic heterocycles. The predicted octanol–water partition coefficient (Wildman–Crippen LogP) is 1.89. The van der Waals surface area contributed by atoms with E-state index in [2.05, 4.69) is 20.2 Å². The van der Waals surface area contributed by atoms with Crippen LogP contribution in [0.3, 0.4) is 0 Å². The first-order valence-corrected chi connectivity index (χ1v) is 9.64. The van der Waals surface area contributed by atoms with Crippen LogP contribution < -0.4 is 10.0 Å². The minimum absolute atomic E-state index is 0.0866. The molecule has 136 valence electrons. The van der Waals surface area contributed by atoms with Crippen molar-refractivity contribution < 1.29 is 13.2 Å². The molecular formula is C18H20N4O3S. The first-order chi connectivity index (χ1) is 12.4. The van der Waals surface area contributed by atoms with Crippen LogP contribution in [0.4, 0.5) is 0 Å². The van der Waals surface area contributed by atoms with E-state index in [4.69, 9.17) is 0 Å². The van der Waals surface area contributed by atoms with Crippen LogP contribution in [0.25, 0.3) is 10.9 Å². The van der Waals surface area contributed by atoms with Gasteiger partial charge in [0.2, 0.25) is 10.0 Å². The van der Waals surface area contributed by atoms with E-state index in [1.165, 1.54) is 0 Å². The average molecular weight is 372 g/mol. The van der Waals surface area contributed by atoms with Crippen molar-refractivity contribution in [3.8, 4) is 0 Å². The fourth-order valence-corrected chi connectivity index (χ4v) is 3.58. The van der Waals surface area contributed by atoms with Crippen molar-refractivity contribution in [1.29, 1.82) is 0 Å². The van der Waals surface area contributed by atoms with Gasteiger partial charge in [-0.2, -0.15) is 5.10 Å². The molecule has 1 heterocycles. The summed E-state index contributed by atoms with van der Waals surface area (Å²) in [4.78, 5) is 12.5. The molecule has 0 fully saturated rings. The van der Waals surface area contributed by atoms with E-state index in [9.17, 15) is 13.2 Å². The Balaban J connectivity index is 1.58. The standard InChI is InChI=1S/C18H20N4O3S/c1-12-3-6-14(7-4-12)26(24,25)20-10-9-19-18(23)17-15-11-13(2)5-8-16(15)21-22-17/h3-8,11,20H,9-10H2,1-2H3,(H,19,23)(H,21,22). The number of aromatic amines is 1. The highest BCUT2D eigenvalue weighted by Crippen LogP contribution is 2.17. The zero-order chi connectivity index (χ0) is 18.7. The van der Waals surface area contributed by atoms with Crippen molar-refractivity contribution in [2.45, 2.75) is 18.7 Å². The molecule has 0 unspecified atom stereocenters. The topological polar surface area (TPSA) is 104 Å². The van der Waals surface area contributed by atoms with Crippen LogP contribution in [0.2, 0.25) is 0 Å². The van der Waals surface area contributed by atoms with Crippen molar-refractivity contribution >= 4 is 26.8 Å². The smallest absolute Gasteiger partial charge is 0.272 e. The second-order valence-corrected chi connectivity index (χ2v) is 7.85. The Morgan fingerprint density at radius 1 is 1.04 bits per heavy atom. The molecule has 3 rings (SSSR count). The highest BCUT2D eigenvalue weighted by Gasteiger charge is 2.15. The minimum atomic E-state index is -3.59. The second kappa shape index (κ2) is 7.27. The minimum Gasteiger partial charge on any atom is -0.349 e. The first kappa shape index (κ1) is 18.1. The number of carbonyl (C=O) groups is 1. The van der Waals surface area contributed by atoms with Gasteiger partial charge in [-0.05, 0) is 38.1 Å². The molecule has 7 nitrogen and oxygen atoms in total. The molecule has 0 saturated carbocycles. The van der Waals surface area contributed by atoms with Gasteiger partial charge in [-0.1, -0.05) is 29.3 Å². The Morgan fingerprint density at radius 3 is 2.46 bits per heavy atom. The number of hydrogen-bond acceptors (Lipinski definition) is 4. The second-order valence-electron chi connectivity index (χ2n) is 6.09. The Bertz CT molecular complexity index is 1040. The van der Waals surface area contributed by atoms with Gasteiger partial charge in [-0.3, -0.25) is 9.89 Å². The normalized spacial score (nSPS) is 11.6. The fourth-order valence-electron chi connectivity index (χ4n) is 2.55. The quantitative estimate of drug-likeness (QED) is 0.575. The van der Waals surface area contributed by atoms with Crippen molar-refractivity contribution in [3.63, 3.8) is 0 Å². The highest BCUT2D eigenvalue weighted by molar-refractivity contribution is 7.89. The van der Waals surface area contributed by atoms with Gasteiger partial charge in [-0.25, -0.2) is 13.1 Å². The van der Waals surface area contributed by atoms with Crippen LogP contribution in [-0.2, 0) is 10.0 Å². The van der Waals surface area contributed by atoms with E-state index < -0.39 is 10.0 Å². The Hall–Kier alpha value is -2.71. The summed E-state index contributed by atoms with van der Waals surface area (Å²) in [5.74, 6) is -0.351. The lowest BCUT2D eigenvalue weighted by Gasteiger charge is -2.08. The number of sulfonamides is 1. The summed E-state index contributed by atoms with van der Waals surface area (Å²) < 4.78 is 26.8. The van der Waals surface area contributed by atoms with Crippen LogP contribution in [0.5, 0.6) is 0 Å². The van der Waals surface area contributed by atoms with Gasteiger partial charge in [0.25, 0.3) is 5.91 Å². The number of aromatic nitrogens is 2. The van der Waals surface area contributed by atoms with E-state index in [0.29, 0.717) is 5.69 Å². The SMILES string of the molecule is Cc1ccc(S(=O)(=O)NCCNC(=O)c2n[nH]c3ccc(C)cc23)cc1. The molecule has 2 aromatic carbocycles. The van der Waals surface area contributed by atoms with Crippen LogP contribution >= 0.6 is 0 Å². The monoisotopic (exact) mass is 372 g/mol. The number of carbonyl (C=O) groups excluding carboxylic acids is 1. The van der Waals surface area contributed by atoms with Gasteiger partial charge >= 0.3 is 0 Å². The van der Waals surface area contributed by atoms with Gasteiger partial charge in [0.15, 0.2) is 5.69 Å². The number of benzene rings is 2. The van der Waals surface area contributed by atoms with Crippen LogP contribution in [0.15, 0.2) is 47.4 Å². The van der Waals surface area contributed by atoms with Crippen molar-refractivity contribution in [3.05, 3.63) is 59.3 Å². The third-order valence-corrected chi connectivity index (χ3v) is 5.44. The lowest BCUT2D eigenvalue weighted by molar-refractivity contribution is 0.0951. The molecule has 0 bridgehead atoms. The predicted molar refractivity (Wildman–Crippen MR) is 99.5 cm³/mol. The van der Waals surface area contributed by atoms with Crippen LogP contribution in [0.1, 0.15) is 21.6 Å². The zero-order valence-corrected chi connectivity index (χ0v) is 15.4. The lowest BCUT2D eigenvalue weighted by atomic mass is 10.1. The number of rotatable bonds is 6. The summed E-state index contributed by atoms with van der Waals surface area (Å²) in [6, 6.07) is 12.3. The summed E-state index contributed by atoms with van der Waals surface area (Å²) in [5.41, 5.74) is 3.09. The molecule has 0 aliphatic rings. The molecule has 3 N–H and O–H groups in total. The maximum absolute atomic E-state index is 12.3. The van der Waals surface area contributed by atoms with Crippen molar-refractivity contribution in [1.82, 2.24) is 20.2 Å². The molecule has 0 atom stereocenters. The molecule has 1 amide bonds. The van der Waals surface area contributed by atoms with Gasteiger partial charge in [-0.15, -0.1) is 0 Å². The molecule has 26 heavy (non-hydrogen) atoms. The van der Waals surface area contributed by atoms with Gasteiger partial charge < -0.3 is 5.32 Å². The molecule has 0 radical (unpaired) electrons. The van der Waals surface area contributed by atoms with Crippen LogP contribution in [0, 0.1) is 13.8 Å². The Kier molecular flexibility index (Phi) is 5.06. The summed E-state index contributed by atoms with van der Waals surface area (Å²) in [7, 11) is -3.59. The van der Waals surface area contributed by atoms with E-state index in [1.807, 2.05) is 32.0 Å². The van der Waals surface area contributed by atoms with Crippen LogP contribution in [-0.4, -0.2) is 37.6 Å². The van der Waals surface area contributed by atoms with Gasteiger partial charge in [0, 0.05) is 18.5 Å². The third kappa shape index (κ3) is 3.92. The molecule has 1 aromatic heterocycles. The number of fused-ring (bicyclic) bond motifs is 1. The highest BCUT2D eigenvalue weighted by atomic mass is 32.2.